The van der Waals surface area contributed by atoms with E-state index in [2.05, 4.69) is 0 Å². The molecule has 1 spiro atoms. The zero-order valence-corrected chi connectivity index (χ0v) is 17.1. The molecule has 7 nitrogen and oxygen atoms in total. The summed E-state index contributed by atoms with van der Waals surface area (Å²) < 4.78 is 11.0. The first kappa shape index (κ1) is 20.4. The van der Waals surface area contributed by atoms with Crippen LogP contribution in [0.1, 0.15) is 59.8 Å². The topological polar surface area (TPSA) is 79.3 Å². The van der Waals surface area contributed by atoms with Gasteiger partial charge in [-0.15, -0.1) is 0 Å². The molecule has 1 saturated carbocycles. The highest BCUT2D eigenvalue weighted by Crippen LogP contribution is 2.51. The van der Waals surface area contributed by atoms with Crippen molar-refractivity contribution in [1.82, 2.24) is 9.80 Å². The van der Waals surface area contributed by atoms with Gasteiger partial charge in [-0.2, -0.15) is 0 Å². The maximum absolute atomic E-state index is 12.6. The molecule has 2 heterocycles. The van der Waals surface area contributed by atoms with E-state index in [1.807, 2.05) is 27.7 Å². The van der Waals surface area contributed by atoms with E-state index in [-0.39, 0.29) is 30.1 Å². The summed E-state index contributed by atoms with van der Waals surface area (Å²) in [6.07, 6.45) is 3.95. The van der Waals surface area contributed by atoms with Gasteiger partial charge in [-0.3, -0.25) is 4.79 Å². The van der Waals surface area contributed by atoms with Gasteiger partial charge in [0.25, 0.3) is 0 Å². The number of hydrogen-bond acceptors (Lipinski definition) is 5. The second kappa shape index (κ2) is 7.24. The molecule has 2 atom stereocenters. The van der Waals surface area contributed by atoms with Crippen molar-refractivity contribution in [3.63, 3.8) is 0 Å². The molecule has 2 amide bonds. The molecule has 0 aromatic rings. The maximum Gasteiger partial charge on any atom is 0.410 e. The molecule has 3 fully saturated rings. The summed E-state index contributed by atoms with van der Waals surface area (Å²) in [5, 5.41) is 11.7. The van der Waals surface area contributed by atoms with E-state index in [9.17, 15) is 14.7 Å². The van der Waals surface area contributed by atoms with Crippen LogP contribution in [0.15, 0.2) is 0 Å². The maximum atomic E-state index is 12.6. The highest BCUT2D eigenvalue weighted by Gasteiger charge is 2.56. The van der Waals surface area contributed by atoms with Crippen LogP contribution in [-0.4, -0.2) is 77.0 Å². The predicted molar refractivity (Wildman–Crippen MR) is 100 cm³/mol. The van der Waals surface area contributed by atoms with Crippen LogP contribution in [0.5, 0.6) is 0 Å². The molecule has 0 bridgehead atoms. The van der Waals surface area contributed by atoms with Crippen LogP contribution in [0, 0.1) is 5.41 Å². The zero-order chi connectivity index (χ0) is 19.9. The number of nitrogens with zero attached hydrogens (tertiary/aromatic N) is 2. The molecule has 154 valence electrons. The Morgan fingerprint density at radius 2 is 1.96 bits per heavy atom. The lowest BCUT2D eigenvalue weighted by Crippen LogP contribution is -2.65. The van der Waals surface area contributed by atoms with Gasteiger partial charge in [-0.05, 0) is 47.0 Å². The molecular formula is C20H34N2O5. The molecule has 27 heavy (non-hydrogen) atoms. The van der Waals surface area contributed by atoms with Crippen molar-refractivity contribution < 1.29 is 24.2 Å². The van der Waals surface area contributed by atoms with Crippen molar-refractivity contribution in [3.8, 4) is 0 Å². The van der Waals surface area contributed by atoms with E-state index >= 15 is 0 Å². The number of likely N-dealkylation sites (tertiary alicyclic amines) is 1. The van der Waals surface area contributed by atoms with Crippen molar-refractivity contribution in [2.24, 2.45) is 5.41 Å². The largest absolute Gasteiger partial charge is 0.444 e. The molecule has 0 aromatic carbocycles. The van der Waals surface area contributed by atoms with Crippen LogP contribution in [0.2, 0.25) is 0 Å². The number of aliphatic hydroxyl groups is 1. The second-order valence-electron chi connectivity index (χ2n) is 9.57. The van der Waals surface area contributed by atoms with Crippen LogP contribution >= 0.6 is 0 Å². The zero-order valence-electron chi connectivity index (χ0n) is 17.1. The van der Waals surface area contributed by atoms with Crippen molar-refractivity contribution in [3.05, 3.63) is 0 Å². The van der Waals surface area contributed by atoms with Crippen LogP contribution in [0.25, 0.3) is 0 Å². The standard InChI is InChI=1S/C20H34N2O5/c1-15-11-22(16(23)12-26-15)14-20(25)9-10-21(17(24)27-18(2,3)4)13-19(20)7-5-6-8-19/h15,25H,5-14H2,1-4H3. The van der Waals surface area contributed by atoms with E-state index < -0.39 is 11.2 Å². The molecule has 1 N–H and O–H groups in total. The number of β-amino-alcohol motifs (C(OH)–C–C–N with tert-alkyl or cyclic N) is 1. The number of piperidine rings is 1. The van der Waals surface area contributed by atoms with E-state index in [4.69, 9.17) is 9.47 Å². The molecule has 0 radical (unpaired) electrons. The number of ether oxygens (including phenoxy) is 2. The molecule has 3 rings (SSSR count). The van der Waals surface area contributed by atoms with Crippen LogP contribution in [0.3, 0.4) is 0 Å². The summed E-state index contributed by atoms with van der Waals surface area (Å²) in [6, 6.07) is 0. The SMILES string of the molecule is CC1CN(CC2(O)CCN(C(=O)OC(C)(C)C)CC23CCCC3)C(=O)CO1. The lowest BCUT2D eigenvalue weighted by molar-refractivity contribution is -0.171. The van der Waals surface area contributed by atoms with Gasteiger partial charge in [0.05, 0.1) is 18.2 Å². The van der Waals surface area contributed by atoms with Gasteiger partial charge in [0.1, 0.15) is 12.2 Å². The Morgan fingerprint density at radius 3 is 2.59 bits per heavy atom. The minimum atomic E-state index is -0.977. The number of carbonyl (C=O) groups is 2. The second-order valence-corrected chi connectivity index (χ2v) is 9.57. The summed E-state index contributed by atoms with van der Waals surface area (Å²) in [7, 11) is 0. The fourth-order valence-electron chi connectivity index (χ4n) is 4.82. The van der Waals surface area contributed by atoms with Gasteiger partial charge in [0.2, 0.25) is 5.91 Å². The monoisotopic (exact) mass is 382 g/mol. The molecule has 3 aliphatic rings. The Labute approximate surface area is 162 Å². The first-order chi connectivity index (χ1) is 12.5. The van der Waals surface area contributed by atoms with Crippen molar-refractivity contribution in [1.29, 1.82) is 0 Å². The Kier molecular flexibility index (Phi) is 5.47. The lowest BCUT2D eigenvalue weighted by Gasteiger charge is -2.53. The van der Waals surface area contributed by atoms with Crippen molar-refractivity contribution in [2.75, 3.05) is 32.8 Å². The minimum absolute atomic E-state index is 0.0207. The quantitative estimate of drug-likeness (QED) is 0.792. The van der Waals surface area contributed by atoms with Gasteiger partial charge >= 0.3 is 6.09 Å². The number of carbonyl (C=O) groups excluding carboxylic acids is 2. The normalized spacial score (nSPS) is 31.4. The van der Waals surface area contributed by atoms with E-state index in [1.54, 1.807) is 9.80 Å². The summed E-state index contributed by atoms with van der Waals surface area (Å²) in [5.41, 5.74) is -1.89. The van der Waals surface area contributed by atoms with Crippen LogP contribution < -0.4 is 0 Å². The molecule has 7 heteroatoms. The third-order valence-corrected chi connectivity index (χ3v) is 6.26. The van der Waals surface area contributed by atoms with Crippen LogP contribution in [0.4, 0.5) is 4.79 Å². The molecule has 2 unspecified atom stereocenters. The summed E-state index contributed by atoms with van der Waals surface area (Å²) in [4.78, 5) is 28.4. The molecule has 0 aromatic heterocycles. The minimum Gasteiger partial charge on any atom is -0.444 e. The highest BCUT2D eigenvalue weighted by atomic mass is 16.6. The molecule has 2 aliphatic heterocycles. The van der Waals surface area contributed by atoms with Gasteiger partial charge in [0, 0.05) is 25.0 Å². The van der Waals surface area contributed by atoms with Crippen LogP contribution in [-0.2, 0) is 14.3 Å². The Balaban J connectivity index is 1.76. The van der Waals surface area contributed by atoms with Crippen molar-refractivity contribution >= 4 is 12.0 Å². The van der Waals surface area contributed by atoms with E-state index in [0.717, 1.165) is 25.7 Å². The molecular weight excluding hydrogens is 348 g/mol. The predicted octanol–water partition coefficient (Wildman–Crippen LogP) is 2.17. The first-order valence-corrected chi connectivity index (χ1v) is 10.1. The van der Waals surface area contributed by atoms with Crippen molar-refractivity contribution in [2.45, 2.75) is 77.1 Å². The fraction of sp³-hybridized carbons (Fsp3) is 0.900. The third kappa shape index (κ3) is 4.24. The lowest BCUT2D eigenvalue weighted by atomic mass is 9.65. The Hall–Kier alpha value is -1.34. The van der Waals surface area contributed by atoms with Gasteiger partial charge in [-0.1, -0.05) is 12.8 Å². The Bertz CT molecular complexity index is 581. The molecule has 2 saturated heterocycles. The average Bonchev–Trinajstić information content (AvgIpc) is 3.02. The Morgan fingerprint density at radius 1 is 1.30 bits per heavy atom. The summed E-state index contributed by atoms with van der Waals surface area (Å²) >= 11 is 0. The third-order valence-electron chi connectivity index (χ3n) is 6.26. The average molecular weight is 383 g/mol. The summed E-state index contributed by atoms with van der Waals surface area (Å²) in [5.74, 6) is -0.0655. The highest BCUT2D eigenvalue weighted by molar-refractivity contribution is 5.78. The van der Waals surface area contributed by atoms with Gasteiger partial charge in [0.15, 0.2) is 0 Å². The fourth-order valence-corrected chi connectivity index (χ4v) is 4.82. The first-order valence-electron chi connectivity index (χ1n) is 10.1. The van der Waals surface area contributed by atoms with Gasteiger partial charge < -0.3 is 24.4 Å². The van der Waals surface area contributed by atoms with E-state index in [0.29, 0.717) is 32.6 Å². The van der Waals surface area contributed by atoms with Gasteiger partial charge in [-0.25, -0.2) is 4.79 Å². The number of rotatable bonds is 2. The van der Waals surface area contributed by atoms with E-state index in [1.165, 1.54) is 0 Å². The number of hydrogen-bond donors (Lipinski definition) is 1. The molecule has 1 aliphatic carbocycles. The summed E-state index contributed by atoms with van der Waals surface area (Å²) in [6.45, 7) is 9.38. The smallest absolute Gasteiger partial charge is 0.410 e. The number of morpholine rings is 1. The number of amides is 2.